The Labute approximate surface area is 194 Å². The molecule has 0 amide bonds. The zero-order valence-electron chi connectivity index (χ0n) is 18.0. The largest absolute Gasteiger partial charge is 0.507 e. The highest BCUT2D eigenvalue weighted by molar-refractivity contribution is 6.33. The minimum Gasteiger partial charge on any atom is -0.507 e. The molecular weight excluding hydrogens is 450 g/mol. The molecule has 8 nitrogen and oxygen atoms in total. The second kappa shape index (κ2) is 9.43. The smallest absolute Gasteiger partial charge is 0.308 e. The van der Waals surface area contributed by atoms with Gasteiger partial charge in [-0.15, -0.1) is 0 Å². The number of benzene rings is 2. The third-order valence-corrected chi connectivity index (χ3v) is 6.20. The molecule has 1 aliphatic heterocycles. The van der Waals surface area contributed by atoms with Crippen LogP contribution >= 0.6 is 11.6 Å². The number of halogens is 1. The molecule has 2 aromatic carbocycles. The Kier molecular flexibility index (Phi) is 6.60. The van der Waals surface area contributed by atoms with Gasteiger partial charge in [0, 0.05) is 35.7 Å². The van der Waals surface area contributed by atoms with Gasteiger partial charge in [-0.2, -0.15) is 0 Å². The van der Waals surface area contributed by atoms with E-state index in [2.05, 4.69) is 0 Å². The summed E-state index contributed by atoms with van der Waals surface area (Å²) < 4.78 is 11.7. The minimum atomic E-state index is -0.657. The first-order valence-electron chi connectivity index (χ1n) is 10.6. The van der Waals surface area contributed by atoms with Crippen LogP contribution in [-0.4, -0.2) is 59.0 Å². The van der Waals surface area contributed by atoms with E-state index in [1.807, 2.05) is 11.9 Å². The lowest BCUT2D eigenvalue weighted by molar-refractivity contribution is -0.153. The number of esters is 1. The van der Waals surface area contributed by atoms with E-state index in [9.17, 15) is 19.8 Å². The normalized spacial score (nSPS) is 19.0. The molecule has 0 saturated carbocycles. The molecule has 1 aliphatic rings. The van der Waals surface area contributed by atoms with Crippen molar-refractivity contribution in [3.05, 3.63) is 57.2 Å². The summed E-state index contributed by atoms with van der Waals surface area (Å²) in [4.78, 5) is 27.1. The molecule has 174 valence electrons. The SMILES string of the molecule is CN1CC[C@H](c2c(O)cc(O)c3c(=O)cc(-c4ccccc4Cl)oc23)[C@H](OC(=O)CCO)C1. The molecule has 4 rings (SSSR count). The Morgan fingerprint density at radius 1 is 1.24 bits per heavy atom. The van der Waals surface area contributed by atoms with Gasteiger partial charge in [-0.1, -0.05) is 23.7 Å². The van der Waals surface area contributed by atoms with Gasteiger partial charge < -0.3 is 29.4 Å². The lowest BCUT2D eigenvalue weighted by atomic mass is 9.85. The average molecular weight is 474 g/mol. The predicted molar refractivity (Wildman–Crippen MR) is 123 cm³/mol. The third-order valence-electron chi connectivity index (χ3n) is 5.87. The Bertz CT molecular complexity index is 1260. The number of carbonyl (C=O) groups excluding carboxylic acids is 1. The van der Waals surface area contributed by atoms with Gasteiger partial charge in [0.2, 0.25) is 0 Å². The van der Waals surface area contributed by atoms with E-state index in [0.29, 0.717) is 30.1 Å². The quantitative estimate of drug-likeness (QED) is 0.483. The molecule has 2 atom stereocenters. The number of nitrogens with zero attached hydrogens (tertiary/aromatic N) is 1. The van der Waals surface area contributed by atoms with Gasteiger partial charge in [-0.25, -0.2) is 0 Å². The molecule has 3 N–H and O–H groups in total. The number of aliphatic hydroxyl groups is 1. The van der Waals surface area contributed by atoms with Crippen molar-refractivity contribution in [3.63, 3.8) is 0 Å². The zero-order chi connectivity index (χ0) is 23.7. The molecule has 1 saturated heterocycles. The van der Waals surface area contributed by atoms with Crippen LogP contribution in [0.1, 0.15) is 24.3 Å². The summed E-state index contributed by atoms with van der Waals surface area (Å²) in [6.45, 7) is 0.697. The van der Waals surface area contributed by atoms with Crippen LogP contribution in [0.15, 0.2) is 45.6 Å². The van der Waals surface area contributed by atoms with Crippen LogP contribution in [0.2, 0.25) is 5.02 Å². The van der Waals surface area contributed by atoms with Crippen LogP contribution in [0.3, 0.4) is 0 Å². The van der Waals surface area contributed by atoms with E-state index < -0.39 is 29.2 Å². The van der Waals surface area contributed by atoms with Gasteiger partial charge in [-0.05, 0) is 32.1 Å². The van der Waals surface area contributed by atoms with Gasteiger partial charge >= 0.3 is 5.97 Å². The highest BCUT2D eigenvalue weighted by Crippen LogP contribution is 2.43. The second-order valence-corrected chi connectivity index (χ2v) is 8.55. The summed E-state index contributed by atoms with van der Waals surface area (Å²) in [6, 6.07) is 9.21. The lowest BCUT2D eigenvalue weighted by Gasteiger charge is -2.36. The van der Waals surface area contributed by atoms with Gasteiger partial charge in [-0.3, -0.25) is 9.59 Å². The van der Waals surface area contributed by atoms with Crippen LogP contribution in [-0.2, 0) is 9.53 Å². The fourth-order valence-electron chi connectivity index (χ4n) is 4.31. The van der Waals surface area contributed by atoms with Crippen molar-refractivity contribution in [2.75, 3.05) is 26.7 Å². The van der Waals surface area contributed by atoms with Crippen molar-refractivity contribution in [3.8, 4) is 22.8 Å². The van der Waals surface area contributed by atoms with Crippen LogP contribution in [0, 0.1) is 0 Å². The predicted octanol–water partition coefficient (Wildman–Crippen LogP) is 3.24. The van der Waals surface area contributed by atoms with Crippen molar-refractivity contribution in [1.29, 1.82) is 0 Å². The minimum absolute atomic E-state index is 0.0210. The number of fused-ring (bicyclic) bond motifs is 1. The number of ether oxygens (including phenoxy) is 1. The van der Waals surface area contributed by atoms with E-state index in [1.165, 1.54) is 6.07 Å². The summed E-state index contributed by atoms with van der Waals surface area (Å²) in [6.07, 6.45) is -0.308. The number of hydrogen-bond acceptors (Lipinski definition) is 8. The monoisotopic (exact) mass is 473 g/mol. The molecule has 9 heteroatoms. The van der Waals surface area contributed by atoms with Crippen molar-refractivity contribution in [2.45, 2.75) is 24.9 Å². The maximum atomic E-state index is 13.0. The molecule has 3 aromatic rings. The highest BCUT2D eigenvalue weighted by atomic mass is 35.5. The fraction of sp³-hybridized carbons (Fsp3) is 0.333. The number of aliphatic hydroxyl groups excluding tert-OH is 1. The van der Waals surface area contributed by atoms with Gasteiger partial charge in [0.1, 0.15) is 34.3 Å². The number of rotatable bonds is 5. The number of likely N-dealkylation sites (tertiary alicyclic amines) is 1. The average Bonchev–Trinajstić information content (AvgIpc) is 2.75. The van der Waals surface area contributed by atoms with Crippen LogP contribution in [0.25, 0.3) is 22.3 Å². The third kappa shape index (κ3) is 4.55. The Morgan fingerprint density at radius 3 is 2.73 bits per heavy atom. The number of likely N-dealkylation sites (N-methyl/N-ethyl adjacent to an activating group) is 1. The molecular formula is C24H24ClNO7. The molecule has 0 unspecified atom stereocenters. The van der Waals surface area contributed by atoms with Crippen molar-refractivity contribution >= 4 is 28.5 Å². The van der Waals surface area contributed by atoms with Crippen molar-refractivity contribution in [2.24, 2.45) is 0 Å². The zero-order valence-corrected chi connectivity index (χ0v) is 18.7. The van der Waals surface area contributed by atoms with Gasteiger partial charge in [0.05, 0.1) is 18.1 Å². The molecule has 33 heavy (non-hydrogen) atoms. The van der Waals surface area contributed by atoms with E-state index in [-0.39, 0.29) is 41.1 Å². The molecule has 1 aromatic heterocycles. The lowest BCUT2D eigenvalue weighted by Crippen LogP contribution is -2.43. The van der Waals surface area contributed by atoms with Crippen LogP contribution < -0.4 is 5.43 Å². The van der Waals surface area contributed by atoms with Crippen LogP contribution in [0.5, 0.6) is 11.5 Å². The molecule has 2 heterocycles. The van der Waals surface area contributed by atoms with Crippen LogP contribution in [0.4, 0.5) is 0 Å². The van der Waals surface area contributed by atoms with Gasteiger partial charge in [0.15, 0.2) is 5.43 Å². The van der Waals surface area contributed by atoms with Crippen molar-refractivity contribution in [1.82, 2.24) is 4.90 Å². The van der Waals surface area contributed by atoms with Crippen molar-refractivity contribution < 1.29 is 29.3 Å². The molecule has 0 radical (unpaired) electrons. The second-order valence-electron chi connectivity index (χ2n) is 8.15. The molecule has 0 spiro atoms. The van der Waals surface area contributed by atoms with E-state index in [4.69, 9.17) is 25.9 Å². The Hall–Kier alpha value is -3.07. The summed E-state index contributed by atoms with van der Waals surface area (Å²) in [5.41, 5.74) is 0.296. The summed E-state index contributed by atoms with van der Waals surface area (Å²) in [5.74, 6) is -1.56. The summed E-state index contributed by atoms with van der Waals surface area (Å²) in [7, 11) is 1.88. The molecule has 1 fully saturated rings. The maximum absolute atomic E-state index is 13.0. The maximum Gasteiger partial charge on any atom is 0.308 e. The number of aromatic hydroxyl groups is 2. The van der Waals surface area contributed by atoms with E-state index >= 15 is 0 Å². The summed E-state index contributed by atoms with van der Waals surface area (Å²) in [5, 5.41) is 30.6. The first-order valence-corrected chi connectivity index (χ1v) is 10.9. The number of piperidine rings is 1. The van der Waals surface area contributed by atoms with E-state index in [1.54, 1.807) is 24.3 Å². The first-order chi connectivity index (χ1) is 15.8. The topological polar surface area (TPSA) is 120 Å². The number of phenols is 2. The Morgan fingerprint density at radius 2 is 2.00 bits per heavy atom. The Balaban J connectivity index is 1.91. The first kappa shape index (κ1) is 23.1. The number of carbonyl (C=O) groups is 1. The number of phenolic OH excluding ortho intramolecular Hbond substituents is 2. The number of hydrogen-bond donors (Lipinski definition) is 3. The molecule has 0 aliphatic carbocycles. The highest BCUT2D eigenvalue weighted by Gasteiger charge is 2.36. The van der Waals surface area contributed by atoms with Gasteiger partial charge in [0.25, 0.3) is 0 Å². The standard InChI is InChI=1S/C24H24ClNO7/c1-26-8-6-14(20(12-26)32-21(31)7-9-27)22-16(28)10-17(29)23-18(30)11-19(33-24(22)23)13-4-2-3-5-15(13)25/h2-5,10-11,14,20,27-29H,6-9,12H2,1H3/t14-,20+/m0/s1. The molecule has 0 bridgehead atoms. The fourth-order valence-corrected chi connectivity index (χ4v) is 4.54. The van der Waals surface area contributed by atoms with E-state index in [0.717, 1.165) is 6.07 Å². The summed E-state index contributed by atoms with van der Waals surface area (Å²) >= 11 is 6.30.